The van der Waals surface area contributed by atoms with Gasteiger partial charge in [0.1, 0.15) is 5.69 Å². The zero-order valence-electron chi connectivity index (χ0n) is 15.6. The predicted octanol–water partition coefficient (Wildman–Crippen LogP) is 3.81. The normalized spacial score (nSPS) is 12.0. The average Bonchev–Trinajstić information content (AvgIpc) is 2.94. The number of carbonyl (C=O) groups excluding carboxylic acids is 3. The van der Waals surface area contributed by atoms with Crippen molar-refractivity contribution in [3.63, 3.8) is 0 Å². The molecule has 0 saturated heterocycles. The van der Waals surface area contributed by atoms with Crippen LogP contribution in [0.3, 0.4) is 0 Å². The number of nitrogens with one attached hydrogen (secondary N) is 1. The van der Waals surface area contributed by atoms with Crippen LogP contribution in [0.15, 0.2) is 36.4 Å². The Morgan fingerprint density at radius 2 is 1.78 bits per heavy atom. The van der Waals surface area contributed by atoms with E-state index in [1.165, 1.54) is 13.8 Å². The molecule has 0 radical (unpaired) electrons. The molecule has 0 amide bonds. The molecule has 27 heavy (non-hydrogen) atoms. The van der Waals surface area contributed by atoms with Gasteiger partial charge in [0, 0.05) is 16.6 Å². The van der Waals surface area contributed by atoms with Crippen molar-refractivity contribution in [1.82, 2.24) is 9.97 Å². The van der Waals surface area contributed by atoms with E-state index in [1.807, 2.05) is 18.2 Å². The lowest BCUT2D eigenvalue weighted by atomic mass is 10.0. The minimum Gasteiger partial charge on any atom is -0.449 e. The second-order valence-corrected chi connectivity index (χ2v) is 6.48. The van der Waals surface area contributed by atoms with E-state index in [2.05, 4.69) is 9.97 Å². The number of hydrogen-bond acceptors (Lipinski definition) is 5. The number of ether oxygens (including phenoxy) is 1. The first kappa shape index (κ1) is 18.5. The van der Waals surface area contributed by atoms with Crippen LogP contribution in [0, 0.1) is 13.8 Å². The zero-order valence-corrected chi connectivity index (χ0v) is 15.6. The van der Waals surface area contributed by atoms with E-state index in [0.717, 1.165) is 5.39 Å². The molecular formula is C21H20N2O4. The molecule has 0 saturated carbocycles. The summed E-state index contributed by atoms with van der Waals surface area (Å²) in [4.78, 5) is 44.0. The standard InChI is InChI=1S/C21H20N2O4/c1-11-18(13(3)24)12(2)22-19(11)20(25)14(4)27-21(26)17-10-9-15-7-5-6-8-16(15)23-17/h5-10,14,22H,1-4H3. The number of para-hydroxylation sites is 1. The number of ketones is 2. The Labute approximate surface area is 156 Å². The molecule has 0 fully saturated rings. The monoisotopic (exact) mass is 364 g/mol. The van der Waals surface area contributed by atoms with Crippen molar-refractivity contribution >= 4 is 28.4 Å². The first-order valence-electron chi connectivity index (χ1n) is 8.60. The first-order valence-corrected chi connectivity index (χ1v) is 8.60. The van der Waals surface area contributed by atoms with Crippen LogP contribution in [0.1, 0.15) is 56.4 Å². The van der Waals surface area contributed by atoms with Gasteiger partial charge in [0.2, 0.25) is 5.78 Å². The van der Waals surface area contributed by atoms with Crippen molar-refractivity contribution in [2.24, 2.45) is 0 Å². The summed E-state index contributed by atoms with van der Waals surface area (Å²) in [5.74, 6) is -1.18. The van der Waals surface area contributed by atoms with Gasteiger partial charge >= 0.3 is 5.97 Å². The van der Waals surface area contributed by atoms with Crippen molar-refractivity contribution in [1.29, 1.82) is 0 Å². The van der Waals surface area contributed by atoms with Crippen LogP contribution in [-0.4, -0.2) is 33.6 Å². The lowest BCUT2D eigenvalue weighted by Crippen LogP contribution is -2.25. The van der Waals surface area contributed by atoms with E-state index < -0.39 is 17.9 Å². The largest absolute Gasteiger partial charge is 0.449 e. The minimum absolute atomic E-state index is 0.120. The molecule has 0 spiro atoms. The van der Waals surface area contributed by atoms with Gasteiger partial charge in [-0.1, -0.05) is 24.3 Å². The van der Waals surface area contributed by atoms with E-state index in [0.29, 0.717) is 22.3 Å². The first-order chi connectivity index (χ1) is 12.8. The van der Waals surface area contributed by atoms with E-state index in [9.17, 15) is 14.4 Å². The van der Waals surface area contributed by atoms with Crippen LogP contribution >= 0.6 is 0 Å². The number of pyridine rings is 1. The molecule has 1 unspecified atom stereocenters. The zero-order chi connectivity index (χ0) is 19.7. The fourth-order valence-corrected chi connectivity index (χ4v) is 3.18. The van der Waals surface area contributed by atoms with Gasteiger partial charge in [0.25, 0.3) is 0 Å². The van der Waals surface area contributed by atoms with E-state index in [-0.39, 0.29) is 17.2 Å². The third kappa shape index (κ3) is 3.51. The van der Waals surface area contributed by atoms with Gasteiger partial charge < -0.3 is 9.72 Å². The summed E-state index contributed by atoms with van der Waals surface area (Å²) >= 11 is 0. The number of aryl methyl sites for hydroxylation is 1. The summed E-state index contributed by atoms with van der Waals surface area (Å²) in [6.07, 6.45) is -1.01. The molecule has 6 heteroatoms. The number of benzene rings is 1. The third-order valence-corrected chi connectivity index (χ3v) is 4.50. The Balaban J connectivity index is 1.80. The molecule has 1 N–H and O–H groups in total. The van der Waals surface area contributed by atoms with Gasteiger partial charge in [-0.25, -0.2) is 9.78 Å². The third-order valence-electron chi connectivity index (χ3n) is 4.50. The Morgan fingerprint density at radius 3 is 2.44 bits per heavy atom. The molecule has 3 aromatic rings. The van der Waals surface area contributed by atoms with Crippen molar-refractivity contribution in [3.05, 3.63) is 64.6 Å². The van der Waals surface area contributed by atoms with Crippen molar-refractivity contribution < 1.29 is 19.1 Å². The quantitative estimate of drug-likeness (QED) is 0.549. The Hall–Kier alpha value is -3.28. The van der Waals surface area contributed by atoms with Gasteiger partial charge in [-0.2, -0.15) is 0 Å². The van der Waals surface area contributed by atoms with Gasteiger partial charge in [-0.15, -0.1) is 0 Å². The highest BCUT2D eigenvalue weighted by atomic mass is 16.5. The lowest BCUT2D eigenvalue weighted by molar-refractivity contribution is 0.0311. The van der Waals surface area contributed by atoms with E-state index in [1.54, 1.807) is 32.0 Å². The van der Waals surface area contributed by atoms with E-state index in [4.69, 9.17) is 4.74 Å². The summed E-state index contributed by atoms with van der Waals surface area (Å²) in [7, 11) is 0. The minimum atomic E-state index is -1.01. The van der Waals surface area contributed by atoms with Crippen LogP contribution in [0.5, 0.6) is 0 Å². The molecule has 138 valence electrons. The molecule has 1 atom stereocenters. The predicted molar refractivity (Wildman–Crippen MR) is 101 cm³/mol. The summed E-state index contributed by atoms with van der Waals surface area (Å²) in [5, 5.41) is 0.910. The summed E-state index contributed by atoms with van der Waals surface area (Å²) in [5.41, 5.74) is 2.78. The van der Waals surface area contributed by atoms with Gasteiger partial charge in [-0.05, 0) is 45.4 Å². The Bertz CT molecular complexity index is 1070. The number of hydrogen-bond donors (Lipinski definition) is 1. The number of esters is 1. The molecular weight excluding hydrogens is 344 g/mol. The molecule has 2 heterocycles. The molecule has 6 nitrogen and oxygen atoms in total. The van der Waals surface area contributed by atoms with Crippen molar-refractivity contribution in [3.8, 4) is 0 Å². The van der Waals surface area contributed by atoms with Crippen molar-refractivity contribution in [2.45, 2.75) is 33.8 Å². The number of aromatic amines is 1. The molecule has 0 aliphatic carbocycles. The van der Waals surface area contributed by atoms with Crippen molar-refractivity contribution in [2.75, 3.05) is 0 Å². The number of fused-ring (bicyclic) bond motifs is 1. The highest BCUT2D eigenvalue weighted by Crippen LogP contribution is 2.21. The van der Waals surface area contributed by atoms with Gasteiger partial charge in [0.15, 0.2) is 11.9 Å². The molecule has 2 aromatic heterocycles. The fraction of sp³-hybridized carbons (Fsp3) is 0.238. The molecule has 0 bridgehead atoms. The topological polar surface area (TPSA) is 89.1 Å². The highest BCUT2D eigenvalue weighted by molar-refractivity contribution is 6.05. The van der Waals surface area contributed by atoms with Gasteiger partial charge in [-0.3, -0.25) is 9.59 Å². The average molecular weight is 364 g/mol. The second kappa shape index (κ2) is 7.15. The number of H-pyrrole nitrogens is 1. The Morgan fingerprint density at radius 1 is 1.07 bits per heavy atom. The van der Waals surface area contributed by atoms with Crippen LogP contribution in [-0.2, 0) is 4.74 Å². The van der Waals surface area contributed by atoms with Gasteiger partial charge in [0.05, 0.1) is 11.2 Å². The van der Waals surface area contributed by atoms with Crippen LogP contribution < -0.4 is 0 Å². The highest BCUT2D eigenvalue weighted by Gasteiger charge is 2.26. The summed E-state index contributed by atoms with van der Waals surface area (Å²) in [6.45, 7) is 6.39. The second-order valence-electron chi connectivity index (χ2n) is 6.48. The lowest BCUT2D eigenvalue weighted by Gasteiger charge is -2.12. The van der Waals surface area contributed by atoms with E-state index >= 15 is 0 Å². The molecule has 3 rings (SSSR count). The number of aromatic nitrogens is 2. The summed E-state index contributed by atoms with van der Waals surface area (Å²) in [6, 6.07) is 10.8. The Kier molecular flexibility index (Phi) is 4.90. The SMILES string of the molecule is CC(=O)c1c(C)[nH]c(C(=O)C(C)OC(=O)c2ccc3ccccc3n2)c1C. The maximum absolute atomic E-state index is 12.7. The van der Waals surface area contributed by atoms with Crippen LogP contribution in [0.4, 0.5) is 0 Å². The summed E-state index contributed by atoms with van der Waals surface area (Å²) < 4.78 is 5.31. The number of Topliss-reactive ketones (excluding diaryl/α,β-unsaturated/α-hetero) is 2. The number of carbonyl (C=O) groups is 3. The van der Waals surface area contributed by atoms with Crippen LogP contribution in [0.25, 0.3) is 10.9 Å². The maximum atomic E-state index is 12.7. The number of rotatable bonds is 5. The molecule has 0 aliphatic rings. The maximum Gasteiger partial charge on any atom is 0.357 e. The smallest absolute Gasteiger partial charge is 0.357 e. The molecule has 1 aromatic carbocycles. The fourth-order valence-electron chi connectivity index (χ4n) is 3.18. The molecule has 0 aliphatic heterocycles. The van der Waals surface area contributed by atoms with Crippen LogP contribution in [0.2, 0.25) is 0 Å². The number of nitrogens with zero attached hydrogens (tertiary/aromatic N) is 1.